The smallest absolute Gasteiger partial charge is 0.247 e. The Morgan fingerprint density at radius 3 is 2.15 bits per heavy atom. The van der Waals surface area contributed by atoms with Gasteiger partial charge in [0.15, 0.2) is 4.90 Å². The highest BCUT2D eigenvalue weighted by Gasteiger charge is 2.35. The summed E-state index contributed by atoms with van der Waals surface area (Å²) < 4.78 is 65.7. The maximum Gasteiger partial charge on any atom is 0.247 e. The van der Waals surface area contributed by atoms with Crippen LogP contribution in [-0.4, -0.2) is 19.8 Å². The molecule has 4 N–H and O–H groups in total. The highest BCUT2D eigenvalue weighted by molar-refractivity contribution is 7.89. The lowest BCUT2D eigenvalue weighted by molar-refractivity contribution is 0.475. The maximum absolute atomic E-state index is 13.5. The van der Waals surface area contributed by atoms with Crippen molar-refractivity contribution in [3.8, 4) is 0 Å². The molecule has 112 valence electrons. The number of amidine groups is 1. The maximum atomic E-state index is 13.5. The average Bonchev–Trinajstić information content (AvgIpc) is 2.25. The van der Waals surface area contributed by atoms with Crippen molar-refractivity contribution in [1.29, 1.82) is 5.41 Å². The molecule has 1 rings (SSSR count). The molecule has 1 aromatic rings. The summed E-state index contributed by atoms with van der Waals surface area (Å²) in [7, 11) is -4.64. The Balaban J connectivity index is 3.36. The highest BCUT2D eigenvalue weighted by Crippen LogP contribution is 2.22. The summed E-state index contributed by atoms with van der Waals surface area (Å²) in [5.74, 6) is -4.86. The third-order valence-corrected chi connectivity index (χ3v) is 4.54. The first kappa shape index (κ1) is 16.4. The normalized spacial score (nSPS) is 14.8. The van der Waals surface area contributed by atoms with Crippen LogP contribution in [0.2, 0.25) is 0 Å². The van der Waals surface area contributed by atoms with Crippen LogP contribution in [0.1, 0.15) is 20.3 Å². The molecule has 0 saturated heterocycles. The number of benzene rings is 1. The number of nitrogens with one attached hydrogen (secondary N) is 2. The largest absolute Gasteiger partial charge is 0.386 e. The average molecular weight is 309 g/mol. The number of hydrogen-bond donors (Lipinski definition) is 3. The molecule has 0 aliphatic carbocycles. The summed E-state index contributed by atoms with van der Waals surface area (Å²) in [6, 6.07) is 0.517. The molecule has 0 bridgehead atoms. The fourth-order valence-corrected chi connectivity index (χ4v) is 3.03. The zero-order valence-electron chi connectivity index (χ0n) is 10.8. The molecule has 0 heterocycles. The molecule has 5 nitrogen and oxygen atoms in total. The van der Waals surface area contributed by atoms with Crippen LogP contribution in [0.15, 0.2) is 17.0 Å². The molecule has 0 aliphatic rings. The van der Waals surface area contributed by atoms with E-state index in [9.17, 15) is 21.6 Å². The molecule has 0 radical (unpaired) electrons. The summed E-state index contributed by atoms with van der Waals surface area (Å²) in [6.45, 7) is 2.84. The number of nitrogens with two attached hydrogens (primary N) is 1. The predicted molar refractivity (Wildman–Crippen MR) is 67.2 cm³/mol. The zero-order valence-corrected chi connectivity index (χ0v) is 11.6. The monoisotopic (exact) mass is 309 g/mol. The second-order valence-electron chi connectivity index (χ2n) is 4.40. The third-order valence-electron chi connectivity index (χ3n) is 2.89. The minimum Gasteiger partial charge on any atom is -0.386 e. The van der Waals surface area contributed by atoms with Gasteiger partial charge < -0.3 is 5.73 Å². The molecule has 0 amide bonds. The third kappa shape index (κ3) is 3.10. The first-order valence-electron chi connectivity index (χ1n) is 5.56. The van der Waals surface area contributed by atoms with Crippen LogP contribution in [0.4, 0.5) is 13.2 Å². The minimum atomic E-state index is -4.64. The first-order valence-corrected chi connectivity index (χ1v) is 7.05. The van der Waals surface area contributed by atoms with Crippen molar-refractivity contribution in [2.24, 2.45) is 5.73 Å². The van der Waals surface area contributed by atoms with Gasteiger partial charge in [-0.25, -0.2) is 21.6 Å². The molecular formula is C11H14F3N3O2S. The van der Waals surface area contributed by atoms with E-state index in [1.54, 1.807) is 6.92 Å². The van der Waals surface area contributed by atoms with E-state index in [0.717, 1.165) is 0 Å². The van der Waals surface area contributed by atoms with Gasteiger partial charge in [-0.15, -0.1) is 0 Å². The second kappa shape index (κ2) is 5.41. The summed E-state index contributed by atoms with van der Waals surface area (Å²) in [4.78, 5) is -1.31. The van der Waals surface area contributed by atoms with Gasteiger partial charge in [-0.05, 0) is 13.3 Å². The van der Waals surface area contributed by atoms with E-state index in [-0.39, 0.29) is 18.6 Å². The second-order valence-corrected chi connectivity index (χ2v) is 6.02. The van der Waals surface area contributed by atoms with E-state index in [1.165, 1.54) is 6.92 Å². The quantitative estimate of drug-likeness (QED) is 0.568. The van der Waals surface area contributed by atoms with Crippen molar-refractivity contribution in [2.75, 3.05) is 0 Å². The van der Waals surface area contributed by atoms with E-state index in [4.69, 9.17) is 11.1 Å². The Hall–Kier alpha value is -1.61. The van der Waals surface area contributed by atoms with Crippen LogP contribution in [0.3, 0.4) is 0 Å². The van der Waals surface area contributed by atoms with Gasteiger partial charge >= 0.3 is 0 Å². The van der Waals surface area contributed by atoms with E-state index >= 15 is 0 Å². The van der Waals surface area contributed by atoms with Gasteiger partial charge in [0.1, 0.15) is 23.3 Å². The molecule has 1 unspecified atom stereocenters. The lowest BCUT2D eigenvalue weighted by Gasteiger charge is -2.27. The van der Waals surface area contributed by atoms with Gasteiger partial charge in [0.05, 0.1) is 5.54 Å². The standard InChI is InChI=1S/C11H14F3N3O2S/c1-3-11(2,10(15)16)17-20(18,19)9-7(13)4-6(12)5-8(9)14/h4-5,17H,3H2,1-2H3,(H3,15,16). The van der Waals surface area contributed by atoms with Crippen molar-refractivity contribution in [3.05, 3.63) is 29.6 Å². The summed E-state index contributed by atoms with van der Waals surface area (Å²) in [6.07, 6.45) is 0.0893. The van der Waals surface area contributed by atoms with Crippen LogP contribution in [0.5, 0.6) is 0 Å². The molecule has 9 heteroatoms. The van der Waals surface area contributed by atoms with Crippen LogP contribution in [0.25, 0.3) is 0 Å². The van der Waals surface area contributed by atoms with Crippen molar-refractivity contribution in [2.45, 2.75) is 30.7 Å². The zero-order chi connectivity index (χ0) is 15.7. The Labute approximate surface area is 114 Å². The molecule has 0 spiro atoms. The molecule has 0 aromatic heterocycles. The fourth-order valence-electron chi connectivity index (χ4n) is 1.45. The van der Waals surface area contributed by atoms with Crippen molar-refractivity contribution in [3.63, 3.8) is 0 Å². The summed E-state index contributed by atoms with van der Waals surface area (Å²) in [5.41, 5.74) is 3.78. The fraction of sp³-hybridized carbons (Fsp3) is 0.364. The molecular weight excluding hydrogens is 295 g/mol. The Bertz CT molecular complexity index is 625. The van der Waals surface area contributed by atoms with Crippen LogP contribution >= 0.6 is 0 Å². The first-order chi connectivity index (χ1) is 9.03. The lowest BCUT2D eigenvalue weighted by Crippen LogP contribution is -2.54. The van der Waals surface area contributed by atoms with Crippen molar-refractivity contribution in [1.82, 2.24) is 4.72 Å². The summed E-state index contributed by atoms with van der Waals surface area (Å²) in [5, 5.41) is 7.34. The van der Waals surface area contributed by atoms with E-state index in [2.05, 4.69) is 0 Å². The van der Waals surface area contributed by atoms with E-state index < -0.39 is 43.7 Å². The van der Waals surface area contributed by atoms with Gasteiger partial charge in [0.25, 0.3) is 0 Å². The molecule has 20 heavy (non-hydrogen) atoms. The van der Waals surface area contributed by atoms with Crippen molar-refractivity contribution >= 4 is 15.9 Å². The molecule has 0 saturated carbocycles. The van der Waals surface area contributed by atoms with Gasteiger partial charge in [-0.3, -0.25) is 5.41 Å². The number of halogens is 3. The lowest BCUT2D eigenvalue weighted by atomic mass is 10.00. The predicted octanol–water partition coefficient (Wildman–Crippen LogP) is 1.49. The number of sulfonamides is 1. The molecule has 0 aliphatic heterocycles. The molecule has 1 aromatic carbocycles. The highest BCUT2D eigenvalue weighted by atomic mass is 32.2. The number of hydrogen-bond acceptors (Lipinski definition) is 3. The van der Waals surface area contributed by atoms with Crippen LogP contribution < -0.4 is 10.5 Å². The van der Waals surface area contributed by atoms with Gasteiger partial charge in [0, 0.05) is 12.1 Å². The van der Waals surface area contributed by atoms with Crippen LogP contribution in [-0.2, 0) is 10.0 Å². The van der Waals surface area contributed by atoms with Gasteiger partial charge in [-0.2, -0.15) is 4.72 Å². The molecule has 1 atom stereocenters. The van der Waals surface area contributed by atoms with Gasteiger partial charge in [0.2, 0.25) is 10.0 Å². The SMILES string of the molecule is CCC(C)(NS(=O)(=O)c1c(F)cc(F)cc1F)C(=N)N. The molecule has 0 fully saturated rings. The number of rotatable bonds is 5. The van der Waals surface area contributed by atoms with E-state index in [1.807, 2.05) is 4.72 Å². The van der Waals surface area contributed by atoms with Crippen LogP contribution in [0, 0.1) is 22.9 Å². The summed E-state index contributed by atoms with van der Waals surface area (Å²) >= 11 is 0. The van der Waals surface area contributed by atoms with Crippen molar-refractivity contribution < 1.29 is 21.6 Å². The Kier molecular flexibility index (Phi) is 4.45. The van der Waals surface area contributed by atoms with E-state index in [0.29, 0.717) is 0 Å². The Morgan fingerprint density at radius 2 is 1.80 bits per heavy atom. The van der Waals surface area contributed by atoms with Gasteiger partial charge in [-0.1, -0.05) is 6.92 Å². The Morgan fingerprint density at radius 1 is 1.35 bits per heavy atom. The minimum absolute atomic E-state index is 0.0893. The topological polar surface area (TPSA) is 96.0 Å².